The summed E-state index contributed by atoms with van der Waals surface area (Å²) in [5, 5.41) is 29.9. The van der Waals surface area contributed by atoms with Crippen molar-refractivity contribution in [3.63, 3.8) is 0 Å². The number of fused-ring (bicyclic) bond motifs is 1. The van der Waals surface area contributed by atoms with Gasteiger partial charge in [-0.2, -0.15) is 0 Å². The number of aromatic nitrogens is 4. The number of carbonyl (C=O) groups excluding carboxylic acids is 1. The summed E-state index contributed by atoms with van der Waals surface area (Å²) < 4.78 is 17.8. The normalized spacial score (nSPS) is 23.4. The highest BCUT2D eigenvalue weighted by Gasteiger charge is 2.44. The standard InChI is InChI=1S/C26H30N6O7/c1-37-16-6-2-3-7-17(16)39-26(36)31-11-9-15(10-12-31)5-4-8-19-29-23(27)20-24(30-19)32(14-28-20)25-22(35)21(34)18(13-33)38-25/h2-3,6-7,14-15,18,21-22,25,33-35H,5,9-13H2,1H3,(H2,27,29,30)/t18-,21+,22?,25-/m1/s1. The molecule has 13 heteroatoms. The van der Waals surface area contributed by atoms with Crippen LogP contribution in [0.5, 0.6) is 11.5 Å². The van der Waals surface area contributed by atoms with Crippen molar-refractivity contribution in [3.05, 3.63) is 36.4 Å². The minimum atomic E-state index is -1.29. The number of aliphatic hydroxyl groups excluding tert-OH is 3. The van der Waals surface area contributed by atoms with Gasteiger partial charge in [-0.3, -0.25) is 4.57 Å². The fraction of sp³-hybridized carbons (Fsp3) is 0.462. The molecule has 1 amide bonds. The van der Waals surface area contributed by atoms with Crippen LogP contribution >= 0.6 is 0 Å². The lowest BCUT2D eigenvalue weighted by Crippen LogP contribution is -2.40. The molecule has 4 atom stereocenters. The van der Waals surface area contributed by atoms with Crippen LogP contribution in [0, 0.1) is 17.8 Å². The van der Waals surface area contributed by atoms with Crippen LogP contribution in [-0.4, -0.2) is 90.9 Å². The van der Waals surface area contributed by atoms with E-state index in [1.807, 2.05) is 6.07 Å². The van der Waals surface area contributed by atoms with Crippen LogP contribution in [0.2, 0.25) is 0 Å². The zero-order chi connectivity index (χ0) is 27.5. The molecule has 2 aliphatic heterocycles. The SMILES string of the molecule is COc1ccccc1OC(=O)N1CCC(CC#Cc2nc(N)c3ncn([C@@H]4O[C@H](CO)[C@H](O)C4O)c3n2)CC1. The van der Waals surface area contributed by atoms with Gasteiger partial charge >= 0.3 is 6.09 Å². The van der Waals surface area contributed by atoms with Gasteiger partial charge in [0.25, 0.3) is 0 Å². The second-order valence-corrected chi connectivity index (χ2v) is 9.44. The third kappa shape index (κ3) is 5.45. The number of likely N-dealkylation sites (tertiary alicyclic amines) is 1. The number of nitrogens with two attached hydrogens (primary N) is 1. The third-order valence-electron chi connectivity index (χ3n) is 6.97. The summed E-state index contributed by atoms with van der Waals surface area (Å²) in [6.07, 6.45) is -1.37. The van der Waals surface area contributed by atoms with Gasteiger partial charge in [-0.05, 0) is 36.8 Å². The predicted molar refractivity (Wildman–Crippen MR) is 138 cm³/mol. The van der Waals surface area contributed by atoms with Crippen molar-refractivity contribution in [1.82, 2.24) is 24.4 Å². The van der Waals surface area contributed by atoms with E-state index in [9.17, 15) is 20.1 Å². The van der Waals surface area contributed by atoms with Crippen molar-refractivity contribution in [1.29, 1.82) is 0 Å². The van der Waals surface area contributed by atoms with Crippen LogP contribution in [-0.2, 0) is 4.74 Å². The number of rotatable bonds is 5. The average Bonchev–Trinajstić information content (AvgIpc) is 3.49. The lowest BCUT2D eigenvalue weighted by atomic mass is 9.94. The van der Waals surface area contributed by atoms with Gasteiger partial charge in [0.05, 0.1) is 20.0 Å². The van der Waals surface area contributed by atoms with Crippen LogP contribution in [0.1, 0.15) is 31.3 Å². The summed E-state index contributed by atoms with van der Waals surface area (Å²) in [4.78, 5) is 27.1. The molecule has 5 rings (SSSR count). The molecular formula is C26H30N6O7. The van der Waals surface area contributed by atoms with Crippen molar-refractivity contribution in [2.24, 2.45) is 5.92 Å². The van der Waals surface area contributed by atoms with Crippen molar-refractivity contribution in [3.8, 4) is 23.3 Å². The van der Waals surface area contributed by atoms with Gasteiger partial charge in [-0.1, -0.05) is 18.1 Å². The fourth-order valence-corrected chi connectivity index (χ4v) is 4.75. The Morgan fingerprint density at radius 2 is 1.92 bits per heavy atom. The van der Waals surface area contributed by atoms with Crippen molar-refractivity contribution in [2.75, 3.05) is 32.5 Å². The number of benzene rings is 1. The largest absolute Gasteiger partial charge is 0.493 e. The van der Waals surface area contributed by atoms with Gasteiger partial charge in [-0.15, -0.1) is 0 Å². The Labute approximate surface area is 224 Å². The molecule has 206 valence electrons. The van der Waals surface area contributed by atoms with Gasteiger partial charge in [0, 0.05) is 19.5 Å². The van der Waals surface area contributed by atoms with Crippen LogP contribution in [0.15, 0.2) is 30.6 Å². The van der Waals surface area contributed by atoms with E-state index in [-0.39, 0.29) is 11.6 Å². The zero-order valence-corrected chi connectivity index (χ0v) is 21.3. The highest BCUT2D eigenvalue weighted by atomic mass is 16.6. The molecule has 4 heterocycles. The van der Waals surface area contributed by atoms with E-state index in [1.165, 1.54) is 18.0 Å². The summed E-state index contributed by atoms with van der Waals surface area (Å²) in [6, 6.07) is 7.01. The van der Waals surface area contributed by atoms with Crippen molar-refractivity contribution in [2.45, 2.75) is 43.8 Å². The number of nitrogen functional groups attached to an aromatic ring is 1. The summed E-state index contributed by atoms with van der Waals surface area (Å²) in [5.74, 6) is 7.54. The molecule has 1 unspecified atom stereocenters. The number of para-hydroxylation sites is 2. The number of hydrogen-bond donors (Lipinski definition) is 4. The molecule has 3 aromatic rings. The van der Waals surface area contributed by atoms with E-state index in [0.29, 0.717) is 48.1 Å². The monoisotopic (exact) mass is 538 g/mol. The van der Waals surface area contributed by atoms with Crippen LogP contribution in [0.25, 0.3) is 11.2 Å². The number of amides is 1. The van der Waals surface area contributed by atoms with E-state index in [0.717, 1.165) is 12.8 Å². The number of carbonyl (C=O) groups is 1. The number of nitrogens with zero attached hydrogens (tertiary/aromatic N) is 5. The first kappa shape index (κ1) is 26.6. The molecule has 0 radical (unpaired) electrons. The maximum atomic E-state index is 12.6. The van der Waals surface area contributed by atoms with Gasteiger partial charge < -0.3 is 40.2 Å². The van der Waals surface area contributed by atoms with Gasteiger partial charge in [0.1, 0.15) is 23.8 Å². The summed E-state index contributed by atoms with van der Waals surface area (Å²) in [6.45, 7) is 0.662. The predicted octanol–water partition coefficient (Wildman–Crippen LogP) is 0.681. The molecule has 2 aromatic heterocycles. The third-order valence-corrected chi connectivity index (χ3v) is 6.97. The van der Waals surface area contributed by atoms with Gasteiger partial charge in [0.15, 0.2) is 29.2 Å². The maximum Gasteiger partial charge on any atom is 0.415 e. The van der Waals surface area contributed by atoms with E-state index < -0.39 is 37.2 Å². The van der Waals surface area contributed by atoms with Gasteiger partial charge in [-0.25, -0.2) is 19.7 Å². The highest BCUT2D eigenvalue weighted by molar-refractivity contribution is 5.82. The average molecular weight is 539 g/mol. The smallest absolute Gasteiger partial charge is 0.415 e. The lowest BCUT2D eigenvalue weighted by Gasteiger charge is -2.30. The highest BCUT2D eigenvalue weighted by Crippen LogP contribution is 2.32. The van der Waals surface area contributed by atoms with Crippen molar-refractivity contribution >= 4 is 23.1 Å². The quantitative estimate of drug-likeness (QED) is 0.336. The second-order valence-electron chi connectivity index (χ2n) is 9.44. The molecule has 2 aliphatic rings. The Hall–Kier alpha value is -3.96. The molecule has 1 aromatic carbocycles. The number of ether oxygens (including phenoxy) is 3. The molecule has 0 spiro atoms. The Bertz CT molecular complexity index is 1390. The zero-order valence-electron chi connectivity index (χ0n) is 21.3. The Balaban J connectivity index is 1.20. The number of hydrogen-bond acceptors (Lipinski definition) is 11. The number of piperidine rings is 1. The second kappa shape index (κ2) is 11.4. The van der Waals surface area contributed by atoms with E-state index in [1.54, 1.807) is 23.1 Å². The number of methoxy groups -OCH3 is 1. The van der Waals surface area contributed by atoms with E-state index in [2.05, 4.69) is 26.8 Å². The molecule has 2 fully saturated rings. The van der Waals surface area contributed by atoms with Crippen LogP contribution in [0.3, 0.4) is 0 Å². The fourth-order valence-electron chi connectivity index (χ4n) is 4.75. The maximum absolute atomic E-state index is 12.6. The Kier molecular flexibility index (Phi) is 7.80. The van der Waals surface area contributed by atoms with Gasteiger partial charge in [0.2, 0.25) is 5.82 Å². The summed E-state index contributed by atoms with van der Waals surface area (Å²) >= 11 is 0. The number of aliphatic hydroxyl groups is 3. The molecule has 0 bridgehead atoms. The van der Waals surface area contributed by atoms with Crippen molar-refractivity contribution < 1.29 is 34.3 Å². The molecule has 5 N–H and O–H groups in total. The van der Waals surface area contributed by atoms with E-state index in [4.69, 9.17) is 19.9 Å². The minimum Gasteiger partial charge on any atom is -0.493 e. The molecular weight excluding hydrogens is 508 g/mol. The first-order valence-corrected chi connectivity index (χ1v) is 12.6. The lowest BCUT2D eigenvalue weighted by molar-refractivity contribution is -0.0511. The molecule has 0 saturated carbocycles. The summed E-state index contributed by atoms with van der Waals surface area (Å²) in [5.41, 5.74) is 6.68. The van der Waals surface area contributed by atoms with E-state index >= 15 is 0 Å². The minimum absolute atomic E-state index is 0.122. The first-order valence-electron chi connectivity index (χ1n) is 12.6. The number of anilines is 1. The first-order chi connectivity index (χ1) is 18.9. The molecule has 39 heavy (non-hydrogen) atoms. The topological polar surface area (TPSA) is 178 Å². The Morgan fingerprint density at radius 1 is 1.18 bits per heavy atom. The number of imidazole rings is 1. The molecule has 0 aliphatic carbocycles. The molecule has 2 saturated heterocycles. The molecule has 13 nitrogen and oxygen atoms in total. The van der Waals surface area contributed by atoms with Crippen LogP contribution < -0.4 is 15.2 Å². The Morgan fingerprint density at radius 3 is 2.62 bits per heavy atom. The van der Waals surface area contributed by atoms with Crippen LogP contribution in [0.4, 0.5) is 10.6 Å². The summed E-state index contributed by atoms with van der Waals surface area (Å²) in [7, 11) is 1.53.